The predicted molar refractivity (Wildman–Crippen MR) is 87.5 cm³/mol. The van der Waals surface area contributed by atoms with Crippen LogP contribution in [0.3, 0.4) is 0 Å². The van der Waals surface area contributed by atoms with Gasteiger partial charge in [-0.25, -0.2) is 0 Å². The van der Waals surface area contributed by atoms with Crippen molar-refractivity contribution in [1.82, 2.24) is 0 Å². The molecule has 112 valence electrons. The van der Waals surface area contributed by atoms with E-state index in [1.807, 2.05) is 12.1 Å². The van der Waals surface area contributed by atoms with E-state index < -0.39 is 0 Å². The van der Waals surface area contributed by atoms with Crippen LogP contribution in [0.15, 0.2) is 24.3 Å². The van der Waals surface area contributed by atoms with Gasteiger partial charge in [0.25, 0.3) is 0 Å². The number of benzene rings is 1. The highest BCUT2D eigenvalue weighted by atomic mass is 16.1. The first-order valence-corrected chi connectivity index (χ1v) is 8.33. The molecule has 0 aliphatic rings. The molecule has 1 aromatic rings. The fraction of sp³-hybridized carbons (Fsp3) is 0.632. The zero-order valence-corrected chi connectivity index (χ0v) is 13.2. The Kier molecular flexibility index (Phi) is 9.02. The Balaban J connectivity index is 2.10. The van der Waals surface area contributed by atoms with Gasteiger partial charge in [-0.1, -0.05) is 89.5 Å². The van der Waals surface area contributed by atoms with Crippen LogP contribution in [0.2, 0.25) is 0 Å². The zero-order chi connectivity index (χ0) is 14.6. The van der Waals surface area contributed by atoms with E-state index in [0.29, 0.717) is 5.92 Å². The third-order valence-corrected chi connectivity index (χ3v) is 4.13. The molecule has 0 radical (unpaired) electrons. The summed E-state index contributed by atoms with van der Waals surface area (Å²) < 4.78 is 0. The van der Waals surface area contributed by atoms with E-state index in [9.17, 15) is 4.79 Å². The van der Waals surface area contributed by atoms with E-state index in [2.05, 4.69) is 26.0 Å². The molecule has 0 amide bonds. The summed E-state index contributed by atoms with van der Waals surface area (Å²) in [6.07, 6.45) is 13.2. The van der Waals surface area contributed by atoms with Crippen LogP contribution in [0.4, 0.5) is 0 Å². The van der Waals surface area contributed by atoms with Gasteiger partial charge >= 0.3 is 0 Å². The maximum atomic E-state index is 10.6. The molecule has 1 atom stereocenters. The summed E-state index contributed by atoms with van der Waals surface area (Å²) >= 11 is 0. The second-order valence-electron chi connectivity index (χ2n) is 5.95. The third-order valence-electron chi connectivity index (χ3n) is 4.13. The van der Waals surface area contributed by atoms with Crippen LogP contribution >= 0.6 is 0 Å². The molecule has 0 aromatic heterocycles. The molecule has 0 N–H and O–H groups in total. The molecule has 0 heterocycles. The average Bonchev–Trinajstić information content (AvgIpc) is 2.50. The molecular weight excluding hydrogens is 244 g/mol. The van der Waals surface area contributed by atoms with E-state index in [1.165, 1.54) is 63.4 Å². The number of carbonyl (C=O) groups is 1. The summed E-state index contributed by atoms with van der Waals surface area (Å²) in [4.78, 5) is 10.6. The van der Waals surface area contributed by atoms with Gasteiger partial charge in [-0.05, 0) is 17.9 Å². The molecule has 0 aliphatic carbocycles. The summed E-state index contributed by atoms with van der Waals surface area (Å²) in [5, 5.41) is 0. The Morgan fingerprint density at radius 1 is 0.900 bits per heavy atom. The molecule has 1 heteroatoms. The molecule has 1 rings (SSSR count). The molecule has 1 nitrogen and oxygen atoms in total. The van der Waals surface area contributed by atoms with E-state index >= 15 is 0 Å². The SMILES string of the molecule is CCCCCCCCCCC(C)c1ccc(C=O)cc1. The molecule has 20 heavy (non-hydrogen) atoms. The summed E-state index contributed by atoms with van der Waals surface area (Å²) in [7, 11) is 0. The first kappa shape index (κ1) is 16.9. The molecule has 0 bridgehead atoms. The summed E-state index contributed by atoms with van der Waals surface area (Å²) in [5.74, 6) is 0.607. The monoisotopic (exact) mass is 274 g/mol. The highest BCUT2D eigenvalue weighted by Crippen LogP contribution is 2.22. The lowest BCUT2D eigenvalue weighted by molar-refractivity contribution is 0.112. The number of rotatable bonds is 11. The van der Waals surface area contributed by atoms with Crippen molar-refractivity contribution in [2.24, 2.45) is 0 Å². The highest BCUT2D eigenvalue weighted by molar-refractivity contribution is 5.74. The summed E-state index contributed by atoms with van der Waals surface area (Å²) in [6.45, 7) is 4.56. The lowest BCUT2D eigenvalue weighted by Crippen LogP contribution is -1.94. The largest absolute Gasteiger partial charge is 0.298 e. The zero-order valence-electron chi connectivity index (χ0n) is 13.2. The lowest BCUT2D eigenvalue weighted by atomic mass is 9.94. The van der Waals surface area contributed by atoms with Crippen molar-refractivity contribution in [3.8, 4) is 0 Å². The molecule has 0 aliphatic heterocycles. The first-order valence-electron chi connectivity index (χ1n) is 8.33. The smallest absolute Gasteiger partial charge is 0.150 e. The number of unbranched alkanes of at least 4 members (excludes halogenated alkanes) is 7. The Morgan fingerprint density at radius 2 is 1.45 bits per heavy atom. The Bertz CT molecular complexity index is 353. The van der Waals surface area contributed by atoms with E-state index in [4.69, 9.17) is 0 Å². The van der Waals surface area contributed by atoms with E-state index in [-0.39, 0.29) is 0 Å². The van der Waals surface area contributed by atoms with Gasteiger partial charge in [-0.2, -0.15) is 0 Å². The van der Waals surface area contributed by atoms with Crippen molar-refractivity contribution in [1.29, 1.82) is 0 Å². The minimum Gasteiger partial charge on any atom is -0.298 e. The second kappa shape index (κ2) is 10.7. The van der Waals surface area contributed by atoms with Gasteiger partial charge in [0.05, 0.1) is 0 Å². The van der Waals surface area contributed by atoms with Gasteiger partial charge in [-0.3, -0.25) is 4.79 Å². The summed E-state index contributed by atoms with van der Waals surface area (Å²) in [6, 6.07) is 8.04. The number of carbonyl (C=O) groups excluding carboxylic acids is 1. The van der Waals surface area contributed by atoms with E-state index in [1.54, 1.807) is 0 Å². The lowest BCUT2D eigenvalue weighted by Gasteiger charge is -2.11. The van der Waals surface area contributed by atoms with Crippen molar-refractivity contribution >= 4 is 6.29 Å². The van der Waals surface area contributed by atoms with Crippen LogP contribution in [-0.2, 0) is 0 Å². The fourth-order valence-corrected chi connectivity index (χ4v) is 2.65. The van der Waals surface area contributed by atoms with Gasteiger partial charge in [-0.15, -0.1) is 0 Å². The van der Waals surface area contributed by atoms with Gasteiger partial charge in [0.2, 0.25) is 0 Å². The second-order valence-corrected chi connectivity index (χ2v) is 5.95. The van der Waals surface area contributed by atoms with Crippen molar-refractivity contribution in [3.63, 3.8) is 0 Å². The number of hydrogen-bond donors (Lipinski definition) is 0. The quantitative estimate of drug-likeness (QED) is 0.350. The van der Waals surface area contributed by atoms with Crippen LogP contribution in [0, 0.1) is 0 Å². The maximum Gasteiger partial charge on any atom is 0.150 e. The fourth-order valence-electron chi connectivity index (χ4n) is 2.65. The van der Waals surface area contributed by atoms with Gasteiger partial charge < -0.3 is 0 Å². The van der Waals surface area contributed by atoms with Gasteiger partial charge in [0.15, 0.2) is 0 Å². The molecule has 0 fully saturated rings. The Labute approximate surface area is 124 Å². The van der Waals surface area contributed by atoms with Crippen molar-refractivity contribution in [3.05, 3.63) is 35.4 Å². The third kappa shape index (κ3) is 6.88. The molecule has 0 saturated carbocycles. The summed E-state index contributed by atoms with van der Waals surface area (Å²) in [5.41, 5.74) is 2.13. The maximum absolute atomic E-state index is 10.6. The van der Waals surface area contributed by atoms with E-state index in [0.717, 1.165) is 11.8 Å². The standard InChI is InChI=1S/C19H30O/c1-3-4-5-6-7-8-9-10-11-17(2)19-14-12-18(16-20)13-15-19/h12-17H,3-11H2,1-2H3. The highest BCUT2D eigenvalue weighted by Gasteiger charge is 2.05. The first-order chi connectivity index (χ1) is 9.77. The van der Waals surface area contributed by atoms with Crippen molar-refractivity contribution in [2.45, 2.75) is 77.6 Å². The topological polar surface area (TPSA) is 17.1 Å². The molecule has 1 unspecified atom stereocenters. The van der Waals surface area contributed by atoms with Crippen LogP contribution in [0.1, 0.15) is 93.5 Å². The normalized spacial score (nSPS) is 12.3. The van der Waals surface area contributed by atoms with Crippen molar-refractivity contribution in [2.75, 3.05) is 0 Å². The molecule has 0 saturated heterocycles. The molecular formula is C19H30O. The van der Waals surface area contributed by atoms with Crippen molar-refractivity contribution < 1.29 is 4.79 Å². The van der Waals surface area contributed by atoms with Crippen LogP contribution in [-0.4, -0.2) is 6.29 Å². The molecule has 1 aromatic carbocycles. The number of hydrogen-bond acceptors (Lipinski definition) is 1. The van der Waals surface area contributed by atoms with Crippen LogP contribution < -0.4 is 0 Å². The predicted octanol–water partition coefficient (Wildman–Crippen LogP) is 6.13. The van der Waals surface area contributed by atoms with Gasteiger partial charge in [0, 0.05) is 5.56 Å². The minimum atomic E-state index is 0.607. The van der Waals surface area contributed by atoms with Gasteiger partial charge in [0.1, 0.15) is 6.29 Å². The Hall–Kier alpha value is -1.11. The molecule has 0 spiro atoms. The number of aldehydes is 1. The van der Waals surface area contributed by atoms with Crippen LogP contribution in [0.5, 0.6) is 0 Å². The van der Waals surface area contributed by atoms with Crippen LogP contribution in [0.25, 0.3) is 0 Å². The average molecular weight is 274 g/mol. The minimum absolute atomic E-state index is 0.607. The Morgan fingerprint density at radius 3 is 2.00 bits per heavy atom.